The van der Waals surface area contributed by atoms with Gasteiger partial charge in [0.2, 0.25) is 0 Å². The first-order chi connectivity index (χ1) is 4.20. The lowest BCUT2D eigenvalue weighted by Gasteiger charge is -1.97. The molecular formula is C7H9ClSi. The Balaban J connectivity index is 3.17. The van der Waals surface area contributed by atoms with E-state index in [4.69, 9.17) is 11.6 Å². The maximum atomic E-state index is 5.73. The van der Waals surface area contributed by atoms with Gasteiger partial charge in [0.1, 0.15) is 0 Å². The van der Waals surface area contributed by atoms with Gasteiger partial charge in [0, 0.05) is 15.3 Å². The first kappa shape index (κ1) is 6.84. The summed E-state index contributed by atoms with van der Waals surface area (Å²) in [7, 11) is 1.12. The minimum atomic E-state index is 0.840. The van der Waals surface area contributed by atoms with Crippen LogP contribution in [0.2, 0.25) is 5.02 Å². The molecule has 0 heterocycles. The van der Waals surface area contributed by atoms with Gasteiger partial charge < -0.3 is 0 Å². The predicted molar refractivity (Wildman–Crippen MR) is 45.8 cm³/mol. The minimum Gasteiger partial charge on any atom is -0.0843 e. The van der Waals surface area contributed by atoms with Gasteiger partial charge in [-0.25, -0.2) is 0 Å². The van der Waals surface area contributed by atoms with E-state index in [1.54, 1.807) is 0 Å². The van der Waals surface area contributed by atoms with Crippen molar-refractivity contribution in [2.45, 2.75) is 6.92 Å². The zero-order valence-electron chi connectivity index (χ0n) is 5.61. The molecule has 1 aromatic rings. The monoisotopic (exact) mass is 156 g/mol. The summed E-state index contributed by atoms with van der Waals surface area (Å²) in [5, 5.41) is 2.27. The van der Waals surface area contributed by atoms with Gasteiger partial charge in [-0.15, -0.1) is 0 Å². The fourth-order valence-electron chi connectivity index (χ4n) is 0.705. The lowest BCUT2D eigenvalue weighted by Crippen LogP contribution is -2.04. The van der Waals surface area contributed by atoms with Crippen molar-refractivity contribution in [3.8, 4) is 0 Å². The summed E-state index contributed by atoms with van der Waals surface area (Å²) in [5.74, 6) is 0. The molecule has 0 N–H and O–H groups in total. The van der Waals surface area contributed by atoms with Gasteiger partial charge in [-0.3, -0.25) is 0 Å². The highest BCUT2D eigenvalue weighted by Gasteiger charge is 1.90. The van der Waals surface area contributed by atoms with Gasteiger partial charge >= 0.3 is 0 Å². The van der Waals surface area contributed by atoms with Gasteiger partial charge in [-0.2, -0.15) is 0 Å². The van der Waals surface area contributed by atoms with Crippen LogP contribution in [0.3, 0.4) is 0 Å². The standard InChI is InChI=1S/C7H9ClSi/c1-5-4-6(8)2-3-7(5)9/h2-4H,1,9H3. The van der Waals surface area contributed by atoms with Crippen molar-refractivity contribution >= 4 is 27.0 Å². The van der Waals surface area contributed by atoms with E-state index in [0.29, 0.717) is 0 Å². The van der Waals surface area contributed by atoms with Crippen molar-refractivity contribution in [2.24, 2.45) is 0 Å². The Morgan fingerprint density at radius 2 is 2.11 bits per heavy atom. The molecular weight excluding hydrogens is 148 g/mol. The van der Waals surface area contributed by atoms with Crippen molar-refractivity contribution in [1.82, 2.24) is 0 Å². The van der Waals surface area contributed by atoms with E-state index in [2.05, 4.69) is 13.0 Å². The summed E-state index contributed by atoms with van der Waals surface area (Å²) < 4.78 is 0. The largest absolute Gasteiger partial charge is 0.0843 e. The predicted octanol–water partition coefficient (Wildman–Crippen LogP) is 0.639. The van der Waals surface area contributed by atoms with Gasteiger partial charge in [0.05, 0.1) is 0 Å². The molecule has 0 spiro atoms. The molecule has 0 aliphatic carbocycles. The Labute approximate surface area is 63.3 Å². The zero-order valence-corrected chi connectivity index (χ0v) is 8.37. The molecule has 9 heavy (non-hydrogen) atoms. The number of halogens is 1. The fourth-order valence-corrected chi connectivity index (χ4v) is 1.24. The van der Waals surface area contributed by atoms with Crippen molar-refractivity contribution in [3.63, 3.8) is 0 Å². The topological polar surface area (TPSA) is 0 Å². The van der Waals surface area contributed by atoms with Crippen LogP contribution in [0.5, 0.6) is 0 Å². The molecule has 0 aliphatic rings. The van der Waals surface area contributed by atoms with Gasteiger partial charge in [-0.05, 0) is 19.1 Å². The van der Waals surface area contributed by atoms with Crippen LogP contribution in [0, 0.1) is 6.92 Å². The quantitative estimate of drug-likeness (QED) is 0.484. The van der Waals surface area contributed by atoms with Crippen LogP contribution in [0.1, 0.15) is 5.56 Å². The zero-order chi connectivity index (χ0) is 6.85. The smallest absolute Gasteiger partial charge is 0.0408 e. The Bertz CT molecular complexity index is 220. The van der Waals surface area contributed by atoms with Gasteiger partial charge in [-0.1, -0.05) is 28.4 Å². The molecule has 0 saturated carbocycles. The van der Waals surface area contributed by atoms with E-state index in [1.807, 2.05) is 12.1 Å². The van der Waals surface area contributed by atoms with Crippen molar-refractivity contribution in [3.05, 3.63) is 28.8 Å². The van der Waals surface area contributed by atoms with Crippen LogP contribution in [0.15, 0.2) is 18.2 Å². The summed E-state index contributed by atoms with van der Waals surface area (Å²) in [6.07, 6.45) is 0. The van der Waals surface area contributed by atoms with Crippen LogP contribution < -0.4 is 5.19 Å². The van der Waals surface area contributed by atoms with Crippen LogP contribution >= 0.6 is 11.6 Å². The molecule has 0 bridgehead atoms. The Hall–Kier alpha value is -0.273. The van der Waals surface area contributed by atoms with E-state index < -0.39 is 0 Å². The van der Waals surface area contributed by atoms with Crippen LogP contribution in [-0.4, -0.2) is 10.2 Å². The average molecular weight is 157 g/mol. The summed E-state index contributed by atoms with van der Waals surface area (Å²) in [4.78, 5) is 0. The Kier molecular flexibility index (Phi) is 1.93. The fraction of sp³-hybridized carbons (Fsp3) is 0.143. The molecule has 0 fully saturated rings. The lowest BCUT2D eigenvalue weighted by molar-refractivity contribution is 1.52. The number of aryl methyl sites for hydroxylation is 1. The van der Waals surface area contributed by atoms with Crippen LogP contribution in [-0.2, 0) is 0 Å². The van der Waals surface area contributed by atoms with Crippen LogP contribution in [0.4, 0.5) is 0 Å². The normalized spacial score (nSPS) is 10.0. The number of hydrogen-bond acceptors (Lipinski definition) is 0. The first-order valence-corrected chi connectivity index (χ1v) is 4.30. The molecule has 0 atom stereocenters. The first-order valence-electron chi connectivity index (χ1n) is 2.93. The molecule has 0 saturated heterocycles. The minimum absolute atomic E-state index is 0.840. The highest BCUT2D eigenvalue weighted by atomic mass is 35.5. The summed E-state index contributed by atoms with van der Waals surface area (Å²) >= 11 is 5.73. The maximum absolute atomic E-state index is 5.73. The van der Waals surface area contributed by atoms with Crippen molar-refractivity contribution in [2.75, 3.05) is 0 Å². The third kappa shape index (κ3) is 1.56. The van der Waals surface area contributed by atoms with E-state index in [-0.39, 0.29) is 0 Å². The second kappa shape index (κ2) is 2.54. The molecule has 1 rings (SSSR count). The number of rotatable bonds is 0. The number of benzene rings is 1. The van der Waals surface area contributed by atoms with E-state index in [1.165, 1.54) is 10.8 Å². The highest BCUT2D eigenvalue weighted by molar-refractivity contribution is 6.35. The second-order valence-electron chi connectivity index (χ2n) is 2.23. The molecule has 1 aromatic carbocycles. The molecule has 48 valence electrons. The molecule has 0 unspecified atom stereocenters. The Morgan fingerprint density at radius 1 is 1.44 bits per heavy atom. The van der Waals surface area contributed by atoms with Gasteiger partial charge in [0.15, 0.2) is 0 Å². The molecule has 0 aliphatic heterocycles. The highest BCUT2D eigenvalue weighted by Crippen LogP contribution is 2.06. The van der Waals surface area contributed by atoms with E-state index in [0.717, 1.165) is 15.3 Å². The third-order valence-electron chi connectivity index (χ3n) is 1.47. The molecule has 0 radical (unpaired) electrons. The lowest BCUT2D eigenvalue weighted by atomic mass is 10.2. The molecule has 2 heteroatoms. The average Bonchev–Trinajstić information content (AvgIpc) is 1.80. The van der Waals surface area contributed by atoms with E-state index >= 15 is 0 Å². The molecule has 0 aromatic heterocycles. The summed E-state index contributed by atoms with van der Waals surface area (Å²) in [6.45, 7) is 2.09. The summed E-state index contributed by atoms with van der Waals surface area (Å²) in [6, 6.07) is 6.03. The molecule has 0 nitrogen and oxygen atoms in total. The summed E-state index contributed by atoms with van der Waals surface area (Å²) in [5.41, 5.74) is 1.31. The number of hydrogen-bond donors (Lipinski definition) is 0. The Morgan fingerprint density at radius 3 is 2.56 bits per heavy atom. The molecule has 0 amide bonds. The second-order valence-corrected chi connectivity index (χ2v) is 3.74. The van der Waals surface area contributed by atoms with Crippen LogP contribution in [0.25, 0.3) is 0 Å². The van der Waals surface area contributed by atoms with Crippen molar-refractivity contribution in [1.29, 1.82) is 0 Å². The van der Waals surface area contributed by atoms with Crippen molar-refractivity contribution < 1.29 is 0 Å². The SMILES string of the molecule is Cc1cc(Cl)ccc1[SiH3]. The van der Waals surface area contributed by atoms with Gasteiger partial charge in [0.25, 0.3) is 0 Å². The third-order valence-corrected chi connectivity index (χ3v) is 2.83. The van der Waals surface area contributed by atoms with E-state index in [9.17, 15) is 0 Å². The maximum Gasteiger partial charge on any atom is 0.0408 e.